The number of alkyl halides is 1. The average molecular weight is 240 g/mol. The minimum absolute atomic E-state index is 0.101. The average Bonchev–Trinajstić information content (AvgIpc) is 2.31. The number of hydrogen-bond donors (Lipinski definition) is 1. The van der Waals surface area contributed by atoms with Gasteiger partial charge in [-0.2, -0.15) is 0 Å². The van der Waals surface area contributed by atoms with Crippen molar-refractivity contribution in [1.82, 2.24) is 0 Å². The van der Waals surface area contributed by atoms with Crippen molar-refractivity contribution in [2.75, 3.05) is 5.32 Å². The summed E-state index contributed by atoms with van der Waals surface area (Å²) in [4.78, 5) is 11.8. The van der Waals surface area contributed by atoms with E-state index in [1.54, 1.807) is 0 Å². The normalized spacial score (nSPS) is 10.5. The first-order valence-corrected chi connectivity index (χ1v) is 6.20. The Hall–Kier alpha value is -1.02. The van der Waals surface area contributed by atoms with Crippen LogP contribution < -0.4 is 5.32 Å². The molecule has 0 aromatic heterocycles. The molecule has 0 fully saturated rings. The highest BCUT2D eigenvalue weighted by molar-refractivity contribution is 6.17. The van der Waals surface area contributed by atoms with Crippen LogP contribution in [0.4, 0.5) is 5.69 Å². The van der Waals surface area contributed by atoms with Gasteiger partial charge in [0.05, 0.1) is 0 Å². The highest BCUT2D eigenvalue weighted by atomic mass is 35.5. The topological polar surface area (TPSA) is 29.1 Å². The summed E-state index contributed by atoms with van der Waals surface area (Å²) in [5.74, 6) is 0.706. The molecule has 0 aliphatic heterocycles. The van der Waals surface area contributed by atoms with E-state index >= 15 is 0 Å². The van der Waals surface area contributed by atoms with Crippen LogP contribution in [-0.4, -0.2) is 5.91 Å². The van der Waals surface area contributed by atoms with Crippen LogP contribution in [0.2, 0.25) is 0 Å². The predicted molar refractivity (Wildman–Crippen MR) is 68.7 cm³/mol. The summed E-state index contributed by atoms with van der Waals surface area (Å²) in [6.07, 6.45) is 1.75. The summed E-state index contributed by atoms with van der Waals surface area (Å²) in [7, 11) is 0. The Bertz CT molecular complexity index is 330. The number of carbonyl (C=O) groups is 1. The molecule has 0 aliphatic carbocycles. The molecule has 0 radical (unpaired) electrons. The summed E-state index contributed by atoms with van der Waals surface area (Å²) in [6, 6.07) is 7.63. The second-order valence-electron chi connectivity index (χ2n) is 3.83. The second kappa shape index (κ2) is 6.54. The molecule has 0 saturated carbocycles. The molecule has 1 aromatic rings. The molecule has 16 heavy (non-hydrogen) atoms. The summed E-state index contributed by atoms with van der Waals surface area (Å²) < 4.78 is 0. The number of rotatable bonds is 5. The molecular weight excluding hydrogens is 222 g/mol. The molecule has 0 heterocycles. The largest absolute Gasteiger partial charge is 0.326 e. The van der Waals surface area contributed by atoms with Crippen molar-refractivity contribution in [2.45, 2.75) is 32.6 Å². The predicted octanol–water partition coefficient (Wildman–Crippen LogP) is 3.80. The van der Waals surface area contributed by atoms with Gasteiger partial charge in [-0.3, -0.25) is 4.79 Å². The Labute approximate surface area is 102 Å². The van der Waals surface area contributed by atoms with Gasteiger partial charge in [0.1, 0.15) is 0 Å². The van der Waals surface area contributed by atoms with Gasteiger partial charge in [-0.05, 0) is 30.5 Å². The molecule has 1 amide bonds. The number of anilines is 1. The third-order valence-electron chi connectivity index (χ3n) is 2.73. The zero-order chi connectivity index (χ0) is 12.0. The van der Waals surface area contributed by atoms with E-state index in [-0.39, 0.29) is 11.8 Å². The van der Waals surface area contributed by atoms with E-state index in [1.165, 1.54) is 0 Å². The monoisotopic (exact) mass is 239 g/mol. The van der Waals surface area contributed by atoms with E-state index < -0.39 is 0 Å². The van der Waals surface area contributed by atoms with Gasteiger partial charge in [-0.1, -0.05) is 26.0 Å². The fourth-order valence-electron chi connectivity index (χ4n) is 1.58. The van der Waals surface area contributed by atoms with Crippen molar-refractivity contribution in [3.05, 3.63) is 29.8 Å². The number of halogens is 1. The van der Waals surface area contributed by atoms with Gasteiger partial charge in [0, 0.05) is 17.5 Å². The van der Waals surface area contributed by atoms with E-state index in [0.717, 1.165) is 24.1 Å². The van der Waals surface area contributed by atoms with Gasteiger partial charge in [0.25, 0.3) is 0 Å². The van der Waals surface area contributed by atoms with Crippen LogP contribution in [-0.2, 0) is 10.7 Å². The van der Waals surface area contributed by atoms with Gasteiger partial charge in [-0.25, -0.2) is 0 Å². The lowest BCUT2D eigenvalue weighted by atomic mass is 10.0. The lowest BCUT2D eigenvalue weighted by molar-refractivity contribution is -0.120. The van der Waals surface area contributed by atoms with Crippen molar-refractivity contribution in [2.24, 2.45) is 5.92 Å². The Kier molecular flexibility index (Phi) is 5.33. The van der Waals surface area contributed by atoms with Crippen LogP contribution in [0.15, 0.2) is 24.3 Å². The molecule has 0 atom stereocenters. The maximum absolute atomic E-state index is 11.8. The third-order valence-corrected chi connectivity index (χ3v) is 3.04. The Morgan fingerprint density at radius 2 is 1.81 bits per heavy atom. The quantitative estimate of drug-likeness (QED) is 0.778. The van der Waals surface area contributed by atoms with E-state index in [4.69, 9.17) is 11.6 Å². The molecule has 0 spiro atoms. The fourth-order valence-corrected chi connectivity index (χ4v) is 1.76. The minimum atomic E-state index is 0.101. The van der Waals surface area contributed by atoms with Crippen LogP contribution in [0, 0.1) is 5.92 Å². The zero-order valence-corrected chi connectivity index (χ0v) is 10.6. The molecule has 1 rings (SSSR count). The van der Waals surface area contributed by atoms with Crippen molar-refractivity contribution >= 4 is 23.2 Å². The standard InChI is InChI=1S/C13H18ClNO/c1-3-11(4-2)13(16)15-12-7-5-10(9-14)6-8-12/h5-8,11H,3-4,9H2,1-2H3,(H,15,16). The first-order valence-electron chi connectivity index (χ1n) is 5.67. The van der Waals surface area contributed by atoms with Crippen LogP contribution in [0.1, 0.15) is 32.3 Å². The molecule has 0 unspecified atom stereocenters. The van der Waals surface area contributed by atoms with Crippen molar-refractivity contribution in [3.8, 4) is 0 Å². The molecule has 1 N–H and O–H groups in total. The number of amides is 1. The molecule has 0 aliphatic rings. The van der Waals surface area contributed by atoms with Crippen molar-refractivity contribution in [1.29, 1.82) is 0 Å². The zero-order valence-electron chi connectivity index (χ0n) is 9.79. The Balaban J connectivity index is 2.62. The van der Waals surface area contributed by atoms with Gasteiger partial charge < -0.3 is 5.32 Å². The highest BCUT2D eigenvalue weighted by Gasteiger charge is 2.13. The maximum Gasteiger partial charge on any atom is 0.227 e. The second-order valence-corrected chi connectivity index (χ2v) is 4.10. The molecule has 0 saturated heterocycles. The molecule has 0 bridgehead atoms. The van der Waals surface area contributed by atoms with E-state index in [1.807, 2.05) is 38.1 Å². The molecule has 88 valence electrons. The minimum Gasteiger partial charge on any atom is -0.326 e. The Morgan fingerprint density at radius 3 is 2.25 bits per heavy atom. The fraction of sp³-hybridized carbons (Fsp3) is 0.462. The van der Waals surface area contributed by atoms with Crippen molar-refractivity contribution in [3.63, 3.8) is 0 Å². The maximum atomic E-state index is 11.8. The first kappa shape index (κ1) is 13.0. The summed E-state index contributed by atoms with van der Waals surface area (Å²) in [5, 5.41) is 2.91. The van der Waals surface area contributed by atoms with E-state index in [9.17, 15) is 4.79 Å². The smallest absolute Gasteiger partial charge is 0.227 e. The number of carbonyl (C=O) groups excluding carboxylic acids is 1. The number of benzene rings is 1. The summed E-state index contributed by atoms with van der Waals surface area (Å²) >= 11 is 5.69. The molecule has 3 heteroatoms. The van der Waals surface area contributed by atoms with Crippen LogP contribution >= 0.6 is 11.6 Å². The number of hydrogen-bond acceptors (Lipinski definition) is 1. The van der Waals surface area contributed by atoms with Gasteiger partial charge in [0.2, 0.25) is 5.91 Å². The molecule has 2 nitrogen and oxygen atoms in total. The van der Waals surface area contributed by atoms with E-state index in [2.05, 4.69) is 5.32 Å². The number of nitrogens with one attached hydrogen (secondary N) is 1. The lowest BCUT2D eigenvalue weighted by Gasteiger charge is -2.12. The van der Waals surface area contributed by atoms with Gasteiger partial charge in [0.15, 0.2) is 0 Å². The molecular formula is C13H18ClNO. The highest BCUT2D eigenvalue weighted by Crippen LogP contribution is 2.14. The lowest BCUT2D eigenvalue weighted by Crippen LogP contribution is -2.21. The summed E-state index contributed by atoms with van der Waals surface area (Å²) in [6.45, 7) is 4.06. The molecule has 1 aromatic carbocycles. The first-order chi connectivity index (χ1) is 7.71. The van der Waals surface area contributed by atoms with Gasteiger partial charge in [-0.15, -0.1) is 11.6 Å². The van der Waals surface area contributed by atoms with Crippen LogP contribution in [0.3, 0.4) is 0 Å². The van der Waals surface area contributed by atoms with E-state index in [0.29, 0.717) is 5.88 Å². The summed E-state index contributed by atoms with van der Waals surface area (Å²) in [5.41, 5.74) is 1.90. The third kappa shape index (κ3) is 3.53. The van der Waals surface area contributed by atoms with Gasteiger partial charge >= 0.3 is 0 Å². The SMILES string of the molecule is CCC(CC)C(=O)Nc1ccc(CCl)cc1. The van der Waals surface area contributed by atoms with Crippen LogP contribution in [0.5, 0.6) is 0 Å². The van der Waals surface area contributed by atoms with Crippen LogP contribution in [0.25, 0.3) is 0 Å². The van der Waals surface area contributed by atoms with Crippen molar-refractivity contribution < 1.29 is 4.79 Å². The Morgan fingerprint density at radius 1 is 1.25 bits per heavy atom.